The van der Waals surface area contributed by atoms with Crippen LogP contribution in [-0.4, -0.2) is 77.1 Å². The lowest BCUT2D eigenvalue weighted by Gasteiger charge is -2.33. The summed E-state index contributed by atoms with van der Waals surface area (Å²) in [7, 11) is 3.67. The van der Waals surface area contributed by atoms with Crippen molar-refractivity contribution in [1.29, 1.82) is 0 Å². The molecule has 0 bridgehead atoms. The maximum Gasteiger partial charge on any atom is 0.224 e. The fourth-order valence-corrected chi connectivity index (χ4v) is 6.08. The minimum absolute atomic E-state index is 0. The Labute approximate surface area is 260 Å². The van der Waals surface area contributed by atoms with Crippen molar-refractivity contribution < 1.29 is 47.6 Å². The molecular weight excluding hydrogens is 568 g/mol. The van der Waals surface area contributed by atoms with Crippen LogP contribution in [0.3, 0.4) is 0 Å². The zero-order valence-electron chi connectivity index (χ0n) is 25.6. The second-order valence-corrected chi connectivity index (χ2v) is 11.7. The Morgan fingerprint density at radius 1 is 1.09 bits per heavy atom. The van der Waals surface area contributed by atoms with Crippen LogP contribution in [0.1, 0.15) is 79.3 Å². The van der Waals surface area contributed by atoms with Gasteiger partial charge in [-0.1, -0.05) is 24.3 Å². The van der Waals surface area contributed by atoms with Crippen molar-refractivity contribution in [3.63, 3.8) is 0 Å². The van der Waals surface area contributed by atoms with Gasteiger partial charge in [0.1, 0.15) is 17.3 Å². The molecule has 1 amide bonds. The van der Waals surface area contributed by atoms with E-state index in [1.165, 1.54) is 6.92 Å². The molecule has 0 saturated carbocycles. The summed E-state index contributed by atoms with van der Waals surface area (Å²) in [6, 6.07) is 8.70. The fourth-order valence-electron chi connectivity index (χ4n) is 6.08. The van der Waals surface area contributed by atoms with Gasteiger partial charge >= 0.3 is 0 Å². The Balaban J connectivity index is 0.00000675. The van der Waals surface area contributed by atoms with E-state index in [1.54, 1.807) is 30.3 Å². The van der Waals surface area contributed by atoms with Gasteiger partial charge in [-0.2, -0.15) is 0 Å². The van der Waals surface area contributed by atoms with E-state index in [-0.39, 0.29) is 81.6 Å². The monoisotopic (exact) mass is 616 g/mol. The molecule has 1 aliphatic rings. The van der Waals surface area contributed by atoms with E-state index in [0.29, 0.717) is 29.5 Å². The molecule has 3 unspecified atom stereocenters. The van der Waals surface area contributed by atoms with Crippen LogP contribution in [0.25, 0.3) is 0 Å². The Kier molecular flexibility index (Phi) is 13.4. The standard InChI is InChI=1S/C33H42N2O8.H2O.2H2/c1-19(38)22-6-4-20(5-7-22)13-25(39)9-8-24-16-28(35(2)3)26-14-21(15-30(41)32(26)33(24)43)12-23(10-11-36)27(18-37)29(40)17-31(34)42;;;/h4-7,16,21,23,27,36-37,43H,8-15,17-18H2,1-3H3,(H2,34,42);1H2;2*1H. The number of carbonyl (C=O) groups excluding carboxylic acids is 5. The molecule has 2 aromatic rings. The number of ketones is 4. The summed E-state index contributed by atoms with van der Waals surface area (Å²) in [4.78, 5) is 63.5. The third-order valence-corrected chi connectivity index (χ3v) is 8.29. The number of nitrogens with two attached hydrogens (primary N) is 1. The molecule has 0 heterocycles. The van der Waals surface area contributed by atoms with Gasteiger partial charge in [0.15, 0.2) is 11.6 Å². The molecule has 3 rings (SSSR count). The third kappa shape index (κ3) is 9.04. The van der Waals surface area contributed by atoms with E-state index in [1.807, 2.05) is 19.0 Å². The lowest BCUT2D eigenvalue weighted by Crippen LogP contribution is -2.34. The van der Waals surface area contributed by atoms with Gasteiger partial charge in [-0.05, 0) is 67.2 Å². The highest BCUT2D eigenvalue weighted by Gasteiger charge is 2.36. The van der Waals surface area contributed by atoms with Crippen LogP contribution in [0.5, 0.6) is 5.75 Å². The van der Waals surface area contributed by atoms with Gasteiger partial charge < -0.3 is 31.4 Å². The average Bonchev–Trinajstić information content (AvgIpc) is 2.92. The molecule has 244 valence electrons. The highest BCUT2D eigenvalue weighted by molar-refractivity contribution is 6.03. The topological polar surface area (TPSA) is 207 Å². The molecule has 7 N–H and O–H groups in total. The van der Waals surface area contributed by atoms with E-state index in [4.69, 9.17) is 5.73 Å². The molecule has 11 nitrogen and oxygen atoms in total. The molecule has 0 fully saturated rings. The summed E-state index contributed by atoms with van der Waals surface area (Å²) in [6.07, 6.45) is 1.21. The Hall–Kier alpha value is -3.93. The third-order valence-electron chi connectivity index (χ3n) is 8.29. The number of aliphatic hydroxyl groups excluding tert-OH is 2. The normalized spacial score (nSPS) is 15.5. The number of rotatable bonds is 16. The number of carbonyl (C=O) groups is 5. The number of amides is 1. The fraction of sp³-hybridized carbons (Fsp3) is 0.485. The first-order valence-electron chi connectivity index (χ1n) is 14.6. The molecule has 2 aromatic carbocycles. The zero-order chi connectivity index (χ0) is 31.8. The van der Waals surface area contributed by atoms with Crippen LogP contribution in [-0.2, 0) is 33.6 Å². The Morgan fingerprint density at radius 3 is 2.30 bits per heavy atom. The predicted octanol–water partition coefficient (Wildman–Crippen LogP) is 2.26. The van der Waals surface area contributed by atoms with Crippen molar-refractivity contribution >= 4 is 34.7 Å². The van der Waals surface area contributed by atoms with Crippen LogP contribution in [0, 0.1) is 17.8 Å². The smallest absolute Gasteiger partial charge is 0.224 e. The van der Waals surface area contributed by atoms with Crippen LogP contribution in [0.4, 0.5) is 5.69 Å². The van der Waals surface area contributed by atoms with E-state index in [2.05, 4.69) is 0 Å². The van der Waals surface area contributed by atoms with Gasteiger partial charge in [0, 0.05) is 60.0 Å². The number of aromatic hydroxyl groups is 1. The number of phenolic OH excluding ortho intramolecular Hbond substituents is 1. The molecule has 11 heteroatoms. The van der Waals surface area contributed by atoms with Gasteiger partial charge in [-0.3, -0.25) is 24.0 Å². The van der Waals surface area contributed by atoms with Crippen LogP contribution in [0.15, 0.2) is 30.3 Å². The minimum Gasteiger partial charge on any atom is -0.507 e. The van der Waals surface area contributed by atoms with Gasteiger partial charge in [-0.15, -0.1) is 0 Å². The number of aliphatic hydroxyl groups is 2. The van der Waals surface area contributed by atoms with E-state index in [0.717, 1.165) is 11.3 Å². The molecule has 0 radical (unpaired) electrons. The van der Waals surface area contributed by atoms with Crippen molar-refractivity contribution in [2.75, 3.05) is 32.2 Å². The van der Waals surface area contributed by atoms with Crippen LogP contribution in [0.2, 0.25) is 0 Å². The molecule has 0 saturated heterocycles. The number of primary amides is 1. The molecule has 0 aliphatic heterocycles. The van der Waals surface area contributed by atoms with Gasteiger partial charge in [-0.25, -0.2) is 0 Å². The predicted molar refractivity (Wildman–Crippen MR) is 169 cm³/mol. The quantitative estimate of drug-likeness (QED) is 0.161. The number of phenols is 1. The maximum atomic E-state index is 13.5. The van der Waals surface area contributed by atoms with Crippen LogP contribution < -0.4 is 10.6 Å². The number of aryl methyl sites for hydroxylation is 1. The summed E-state index contributed by atoms with van der Waals surface area (Å²) >= 11 is 0. The molecule has 0 spiro atoms. The first-order chi connectivity index (χ1) is 20.4. The summed E-state index contributed by atoms with van der Waals surface area (Å²) < 4.78 is 0. The minimum atomic E-state index is -0.884. The molecule has 0 aromatic heterocycles. The van der Waals surface area contributed by atoms with Crippen molar-refractivity contribution in [1.82, 2.24) is 0 Å². The van der Waals surface area contributed by atoms with Gasteiger partial charge in [0.05, 0.1) is 18.6 Å². The lowest BCUT2D eigenvalue weighted by atomic mass is 9.73. The second kappa shape index (κ2) is 16.2. The number of hydrogen-bond donors (Lipinski definition) is 4. The first-order valence-corrected chi connectivity index (χ1v) is 14.6. The van der Waals surface area contributed by atoms with E-state index < -0.39 is 36.6 Å². The van der Waals surface area contributed by atoms with E-state index in [9.17, 15) is 39.3 Å². The second-order valence-electron chi connectivity index (χ2n) is 11.7. The molecule has 44 heavy (non-hydrogen) atoms. The summed E-state index contributed by atoms with van der Waals surface area (Å²) in [6.45, 7) is 0.761. The summed E-state index contributed by atoms with van der Waals surface area (Å²) in [5, 5.41) is 30.8. The highest BCUT2D eigenvalue weighted by Crippen LogP contribution is 2.42. The number of anilines is 1. The number of hydrogen-bond acceptors (Lipinski definition) is 9. The van der Waals surface area contributed by atoms with Crippen molar-refractivity contribution in [3.8, 4) is 5.75 Å². The Bertz CT molecular complexity index is 1380. The van der Waals surface area contributed by atoms with Gasteiger partial charge in [0.2, 0.25) is 5.91 Å². The average molecular weight is 617 g/mol. The maximum absolute atomic E-state index is 13.5. The molecule has 1 aliphatic carbocycles. The van der Waals surface area contributed by atoms with E-state index >= 15 is 0 Å². The Morgan fingerprint density at radius 2 is 1.75 bits per heavy atom. The molecular formula is C33H48N2O9. The van der Waals surface area contributed by atoms with Crippen molar-refractivity contribution in [2.24, 2.45) is 23.5 Å². The largest absolute Gasteiger partial charge is 0.507 e. The number of nitrogens with zero attached hydrogens (tertiary/aromatic N) is 1. The zero-order valence-corrected chi connectivity index (χ0v) is 25.6. The van der Waals surface area contributed by atoms with Gasteiger partial charge in [0.25, 0.3) is 0 Å². The highest BCUT2D eigenvalue weighted by atomic mass is 16.3. The SMILES string of the molecule is CC(=O)c1ccc(CC(=O)CCc2cc(N(C)C)c3c(c2O)C(=O)CC(CC(CCO)C(CO)C(=O)CC(N)=O)C3)cc1.O.[HH].[HH]. The summed E-state index contributed by atoms with van der Waals surface area (Å²) in [5.41, 5.74) is 8.72. The summed E-state index contributed by atoms with van der Waals surface area (Å²) in [5.74, 6) is -3.30. The number of Topliss-reactive ketones (excluding diaryl/α,β-unsaturated/α-hetero) is 4. The number of benzene rings is 2. The van der Waals surface area contributed by atoms with Crippen LogP contribution >= 0.6 is 0 Å². The van der Waals surface area contributed by atoms with Crippen molar-refractivity contribution in [3.05, 3.63) is 58.1 Å². The molecule has 3 atom stereocenters. The lowest BCUT2D eigenvalue weighted by molar-refractivity contribution is -0.131. The number of fused-ring (bicyclic) bond motifs is 1. The first kappa shape index (κ1) is 36.3. The van der Waals surface area contributed by atoms with Crippen molar-refractivity contribution in [2.45, 2.75) is 58.3 Å².